The van der Waals surface area contributed by atoms with Gasteiger partial charge in [-0.3, -0.25) is 9.78 Å². The number of alkyl halides is 4. The minimum Gasteiger partial charge on any atom is -0.480 e. The Kier molecular flexibility index (Phi) is 9.70. The number of hydrogen-bond acceptors (Lipinski definition) is 5. The molecule has 2 heterocycles. The summed E-state index contributed by atoms with van der Waals surface area (Å²) in [5.41, 5.74) is -1.11. The third-order valence-corrected chi connectivity index (χ3v) is 5.04. The van der Waals surface area contributed by atoms with Crippen molar-refractivity contribution >= 4 is 38.4 Å². The molecular weight excluding hydrogens is 635 g/mol. The molecule has 13 heteroatoms. The van der Waals surface area contributed by atoms with Crippen molar-refractivity contribution in [3.05, 3.63) is 87.3 Å². The normalized spacial score (nSPS) is 12.7. The van der Waals surface area contributed by atoms with Crippen LogP contribution >= 0.6 is 21.8 Å². The minimum atomic E-state index is -4.54. The van der Waals surface area contributed by atoms with Crippen LogP contribution in [0.1, 0.15) is 28.4 Å². The molecule has 7 nitrogen and oxygen atoms in total. The van der Waals surface area contributed by atoms with Gasteiger partial charge < -0.3 is 9.84 Å². The second kappa shape index (κ2) is 12.4. The predicted octanol–water partition coefficient (Wildman–Crippen LogP) is 6.38. The summed E-state index contributed by atoms with van der Waals surface area (Å²) in [4.78, 5) is 18.5. The summed E-state index contributed by atoms with van der Waals surface area (Å²) in [7, 11) is 0. The van der Waals surface area contributed by atoms with Gasteiger partial charge >= 0.3 is 6.18 Å². The first-order valence-corrected chi connectivity index (χ1v) is 18.1. The topological polar surface area (TPSA) is 93.0 Å². The second-order valence-corrected chi connectivity index (χ2v) is 23.2. The Bertz CT molecular complexity index is 1400. The number of H-pyrrole nitrogens is 1. The predicted molar refractivity (Wildman–Crippen MR) is 148 cm³/mol. The number of hydrogen-bond donors (Lipinski definition) is 2. The van der Waals surface area contributed by atoms with Gasteiger partial charge in [0.05, 0.1) is 18.8 Å². The highest BCUT2D eigenvalue weighted by molar-refractivity contribution is 14.1. The monoisotopic (exact) mass is 662 g/mol. The summed E-state index contributed by atoms with van der Waals surface area (Å²) in [6.07, 6.45) is -4.54. The first kappa shape index (κ1) is 29.8. The number of nitrogens with one attached hydrogen (secondary N) is 1. The molecule has 0 aliphatic rings. The number of halogens is 5. The molecule has 2 N–H and O–H groups in total. The fourth-order valence-electron chi connectivity index (χ4n) is 3.45. The molecule has 1 unspecified atom stereocenters. The maximum atomic E-state index is 14.1. The molecule has 0 radical (unpaired) electrons. The smallest absolute Gasteiger partial charge is 0.416 e. The van der Waals surface area contributed by atoms with Gasteiger partial charge in [-0.25, -0.2) is 9.07 Å². The van der Waals surface area contributed by atoms with E-state index in [4.69, 9.17) is 4.74 Å². The molecule has 0 fully saturated rings. The lowest BCUT2D eigenvalue weighted by Gasteiger charge is -2.16. The van der Waals surface area contributed by atoms with Gasteiger partial charge in [0.1, 0.15) is 29.4 Å². The first-order valence-electron chi connectivity index (χ1n) is 11.5. The summed E-state index contributed by atoms with van der Waals surface area (Å²) in [6.45, 7) is 6.01. The van der Waals surface area contributed by atoms with Gasteiger partial charge in [0.2, 0.25) is 0 Å². The van der Waals surface area contributed by atoms with Crippen LogP contribution in [0.5, 0.6) is 6.01 Å². The number of rotatable bonds is 7. The van der Waals surface area contributed by atoms with Gasteiger partial charge in [-0.15, -0.1) is 21.8 Å². The van der Waals surface area contributed by atoms with E-state index in [1.807, 2.05) is 30.3 Å². The molecule has 0 saturated carbocycles. The Morgan fingerprint density at radius 2 is 1.68 bits per heavy atom. The summed E-state index contributed by atoms with van der Waals surface area (Å²) in [5, 5.41) is 14.0. The molecule has 2 aromatic heterocycles. The van der Waals surface area contributed by atoms with Gasteiger partial charge in [-0.05, 0) is 23.3 Å². The van der Waals surface area contributed by atoms with Crippen LogP contribution < -0.4 is 5.56 Å². The quantitative estimate of drug-likeness (QED) is 0.104. The van der Waals surface area contributed by atoms with Crippen molar-refractivity contribution < 1.29 is 27.4 Å². The number of aromatic amines is 1. The number of ether oxygens (including phenoxy) is 1. The van der Waals surface area contributed by atoms with Crippen molar-refractivity contribution in [1.29, 1.82) is 0 Å². The molecule has 204 valence electrons. The third kappa shape index (κ3) is 8.11. The van der Waals surface area contributed by atoms with E-state index in [0.29, 0.717) is 0 Å². The largest absolute Gasteiger partial charge is 0.480 e. The molecular formula is C25H27F4IN4O3Si. The maximum Gasteiger partial charge on any atom is 0.416 e. The number of nitrogens with zero attached hydrogens (tertiary/aromatic N) is 3. The Morgan fingerprint density at radius 1 is 1.08 bits per heavy atom. The molecule has 0 spiro atoms. The van der Waals surface area contributed by atoms with E-state index in [0.717, 1.165) is 34.5 Å². The molecule has 38 heavy (non-hydrogen) atoms. The van der Waals surface area contributed by atoms with Crippen LogP contribution in [0.4, 0.5) is 17.6 Å². The van der Waals surface area contributed by atoms with E-state index in [2.05, 4.69) is 56.5 Å². The van der Waals surface area contributed by atoms with Gasteiger partial charge in [-0.2, -0.15) is 23.3 Å². The Balaban J connectivity index is 0.000000732. The molecule has 0 aliphatic heterocycles. The van der Waals surface area contributed by atoms with Gasteiger partial charge in [0, 0.05) is 0 Å². The van der Waals surface area contributed by atoms with Gasteiger partial charge in [-0.1, -0.05) is 62.1 Å². The van der Waals surface area contributed by atoms with E-state index >= 15 is 0 Å². The molecule has 1 atom stereocenters. The van der Waals surface area contributed by atoms with Crippen LogP contribution in [0.2, 0.25) is 19.6 Å². The molecule has 0 saturated heterocycles. The summed E-state index contributed by atoms with van der Waals surface area (Å²) in [6, 6.07) is 11.3. The number of aromatic hydroxyl groups is 1. The lowest BCUT2D eigenvalue weighted by Crippen LogP contribution is -2.16. The third-order valence-electron chi connectivity index (χ3n) is 5.04. The lowest BCUT2D eigenvalue weighted by atomic mass is 10.1. The van der Waals surface area contributed by atoms with Crippen molar-refractivity contribution in [2.45, 2.75) is 45.1 Å². The molecule has 0 amide bonds. The summed E-state index contributed by atoms with van der Waals surface area (Å²) in [5.74, 6) is 0. The van der Waals surface area contributed by atoms with Crippen LogP contribution in [-0.2, 0) is 24.1 Å². The Labute approximate surface area is 230 Å². The Hall–Kier alpha value is -2.78. The molecule has 0 bridgehead atoms. The lowest BCUT2D eigenvalue weighted by molar-refractivity contribution is -0.137. The average Bonchev–Trinajstić information content (AvgIpc) is 3.17. The van der Waals surface area contributed by atoms with Crippen LogP contribution in [0.15, 0.2) is 59.4 Å². The molecule has 0 aliphatic carbocycles. The molecule has 4 aromatic rings. The highest BCUT2D eigenvalue weighted by Crippen LogP contribution is 2.31. The van der Waals surface area contributed by atoms with Crippen molar-refractivity contribution in [2.75, 3.05) is 6.67 Å². The van der Waals surface area contributed by atoms with Crippen LogP contribution in [0.3, 0.4) is 0 Å². The number of aromatic nitrogens is 4. The zero-order chi connectivity index (χ0) is 28.1. The zero-order valence-corrected chi connectivity index (χ0v) is 24.0. The van der Waals surface area contributed by atoms with Crippen LogP contribution in [0, 0.1) is 0 Å². The maximum absolute atomic E-state index is 14.1. The van der Waals surface area contributed by atoms with E-state index < -0.39 is 41.6 Å². The van der Waals surface area contributed by atoms with E-state index in [1.54, 1.807) is 0 Å². The fourth-order valence-corrected chi connectivity index (χ4v) is 3.45. The highest BCUT2D eigenvalue weighted by Gasteiger charge is 2.31. The average molecular weight is 662 g/mol. The fraction of sp³-hybridized carbons (Fsp3) is 0.320. The Morgan fingerprint density at radius 3 is 2.24 bits per heavy atom. The zero-order valence-electron chi connectivity index (χ0n) is 20.9. The van der Waals surface area contributed by atoms with E-state index in [-0.39, 0.29) is 35.5 Å². The van der Waals surface area contributed by atoms with Crippen molar-refractivity contribution in [2.24, 2.45) is 0 Å². The second-order valence-electron chi connectivity index (χ2n) is 9.31. The van der Waals surface area contributed by atoms with E-state index in [9.17, 15) is 27.5 Å². The van der Waals surface area contributed by atoms with Crippen molar-refractivity contribution in [3.8, 4) is 6.01 Å². The summed E-state index contributed by atoms with van der Waals surface area (Å²) < 4.78 is 59.5. The van der Waals surface area contributed by atoms with Gasteiger partial charge in [0.15, 0.2) is 5.65 Å². The molecule has 4 rings (SSSR count). The van der Waals surface area contributed by atoms with Crippen molar-refractivity contribution in [1.82, 2.24) is 19.7 Å². The minimum absolute atomic E-state index is 0.00813. The molecule has 2 aromatic carbocycles. The first-order chi connectivity index (χ1) is 17.8. The number of benzene rings is 2. The van der Waals surface area contributed by atoms with Crippen molar-refractivity contribution in [3.63, 3.8) is 0 Å². The number of fused-ring (bicyclic) bond motifs is 1. The SMILES string of the molecule is C[Si](C)(C)I.O=c1[nH]c(O)nc2c1c(COCc1ccccc1)nn2C(CF)c1ccc(C(F)(F)F)cc1. The summed E-state index contributed by atoms with van der Waals surface area (Å²) >= 11 is 2.52. The highest BCUT2D eigenvalue weighted by atomic mass is 127. The van der Waals surface area contributed by atoms with E-state index in [1.165, 1.54) is 0 Å². The van der Waals surface area contributed by atoms with Crippen LogP contribution in [0.25, 0.3) is 11.0 Å². The standard InChI is InChI=1S/C22H18F4N4O3.C3H9ISi/c23-10-17(14-6-8-15(9-7-14)22(24,25)26)30-19-18(20(31)28-21(32)27-19)16(29-30)12-33-11-13-4-2-1-3-5-13;1-5(2,3)4/h1-9,17H,10-12H2,(H2,27,28,31,32);1-3H3. The van der Waals surface area contributed by atoms with Gasteiger partial charge in [0.25, 0.3) is 11.6 Å². The van der Waals surface area contributed by atoms with Crippen LogP contribution in [-0.4, -0.2) is 37.1 Å².